The van der Waals surface area contributed by atoms with Crippen molar-refractivity contribution in [1.29, 1.82) is 0 Å². The minimum Gasteiger partial charge on any atom is -0.493 e. The van der Waals surface area contributed by atoms with Crippen molar-refractivity contribution in [3.05, 3.63) is 29.3 Å². The van der Waals surface area contributed by atoms with E-state index in [-0.39, 0.29) is 38.5 Å². The van der Waals surface area contributed by atoms with Crippen LogP contribution in [0.25, 0.3) is 0 Å². The highest BCUT2D eigenvalue weighted by molar-refractivity contribution is 7.91. The van der Waals surface area contributed by atoms with Gasteiger partial charge in [-0.2, -0.15) is 0 Å². The number of fused-ring (bicyclic) bond motifs is 3. The van der Waals surface area contributed by atoms with Gasteiger partial charge in [0.15, 0.2) is 0 Å². The van der Waals surface area contributed by atoms with E-state index in [1.54, 1.807) is 25.7 Å². The topological polar surface area (TPSA) is 190 Å². The normalized spacial score (nSPS) is 28.8. The van der Waals surface area contributed by atoms with E-state index in [1.807, 2.05) is 25.1 Å². The van der Waals surface area contributed by atoms with Crippen molar-refractivity contribution in [3.8, 4) is 5.75 Å². The standard InChI is InChI=1S/C36H51N5O10S/c1-5-23-18-36(23,32(44)39-52(47,48)25-13-14-25)38-30(42)27-17-24-20-41(27)31(43)29(35(2,3)4)37-33(45)50-16-9-7-6-8-15-49-28-12-10-11-22-19-40(21-26(22)28)34(46)51-24/h10-12,23-25,27,29H,5-9,13-21H2,1-4H3,(H,37,45)(H,38,42)(H,39,44)/t23-,24?,27-,29+,36-/m0/s1. The third-order valence-corrected chi connectivity index (χ3v) is 12.6. The molecule has 0 radical (unpaired) electrons. The van der Waals surface area contributed by atoms with Crippen molar-refractivity contribution in [2.45, 2.75) is 128 Å². The first-order valence-corrected chi connectivity index (χ1v) is 20.0. The summed E-state index contributed by atoms with van der Waals surface area (Å²) in [5, 5.41) is 4.88. The van der Waals surface area contributed by atoms with Crippen molar-refractivity contribution >= 4 is 39.9 Å². The summed E-state index contributed by atoms with van der Waals surface area (Å²) in [5.41, 5.74) is -0.437. The average Bonchev–Trinajstić information content (AvgIpc) is 3.97. The Bertz CT molecular complexity index is 1690. The number of benzene rings is 1. The van der Waals surface area contributed by atoms with Gasteiger partial charge >= 0.3 is 12.2 Å². The fraction of sp³-hybridized carbons (Fsp3) is 0.694. The Morgan fingerprint density at radius 2 is 1.73 bits per heavy atom. The summed E-state index contributed by atoms with van der Waals surface area (Å²) in [4.78, 5) is 71.4. The van der Waals surface area contributed by atoms with Gasteiger partial charge in [0.1, 0.15) is 29.5 Å². The molecule has 1 unspecified atom stereocenters. The lowest BCUT2D eigenvalue weighted by Gasteiger charge is -2.35. The molecule has 3 aliphatic heterocycles. The monoisotopic (exact) mass is 745 g/mol. The second kappa shape index (κ2) is 14.7. The van der Waals surface area contributed by atoms with Crippen molar-refractivity contribution < 1.29 is 46.6 Å². The van der Waals surface area contributed by atoms with Crippen LogP contribution >= 0.6 is 0 Å². The molecule has 2 saturated carbocycles. The van der Waals surface area contributed by atoms with Gasteiger partial charge in [0, 0.05) is 18.5 Å². The molecule has 6 rings (SSSR count). The molecule has 15 nitrogen and oxygen atoms in total. The predicted molar refractivity (Wildman–Crippen MR) is 187 cm³/mol. The molecule has 3 fully saturated rings. The highest BCUT2D eigenvalue weighted by Gasteiger charge is 2.62. The number of hydrogen-bond acceptors (Lipinski definition) is 10. The van der Waals surface area contributed by atoms with Gasteiger partial charge in [-0.25, -0.2) is 18.0 Å². The van der Waals surface area contributed by atoms with Crippen molar-refractivity contribution in [3.63, 3.8) is 0 Å². The number of ether oxygens (including phenoxy) is 3. The SMILES string of the molecule is CC[C@H]1C[C@@]1(NC(=O)[C@@H]1CC2CN1C(=O)[C@H](C(C)(C)C)NC(=O)OCCCCCCOc1cccc3c1CN(C3)C(=O)O2)C(=O)NS(=O)(=O)C1CC1. The number of rotatable bonds is 6. The molecule has 3 N–H and O–H groups in total. The predicted octanol–water partition coefficient (Wildman–Crippen LogP) is 3.10. The molecule has 4 bridgehead atoms. The van der Waals surface area contributed by atoms with Crippen LogP contribution < -0.4 is 20.1 Å². The third-order valence-electron chi connectivity index (χ3n) is 10.8. The van der Waals surface area contributed by atoms with Crippen LogP contribution in [0.5, 0.6) is 5.75 Å². The number of cyclic esters (lactones) is 1. The van der Waals surface area contributed by atoms with Crippen LogP contribution in [0.1, 0.15) is 96.6 Å². The summed E-state index contributed by atoms with van der Waals surface area (Å²) in [5.74, 6) is -1.67. The molecule has 0 aromatic heterocycles. The zero-order valence-corrected chi connectivity index (χ0v) is 31.2. The second-order valence-corrected chi connectivity index (χ2v) is 17.7. The van der Waals surface area contributed by atoms with Gasteiger partial charge in [-0.3, -0.25) is 24.0 Å². The number of hydrogen-bond donors (Lipinski definition) is 3. The number of nitrogens with zero attached hydrogens (tertiary/aromatic N) is 2. The van der Waals surface area contributed by atoms with Crippen LogP contribution in [0, 0.1) is 11.3 Å². The molecule has 1 saturated heterocycles. The lowest BCUT2D eigenvalue weighted by atomic mass is 9.85. The number of amides is 5. The smallest absolute Gasteiger partial charge is 0.410 e. The quantitative estimate of drug-likeness (QED) is 0.390. The number of carbonyl (C=O) groups is 5. The van der Waals surface area contributed by atoms with E-state index in [4.69, 9.17) is 14.2 Å². The Morgan fingerprint density at radius 1 is 1.02 bits per heavy atom. The summed E-state index contributed by atoms with van der Waals surface area (Å²) in [7, 11) is -3.88. The van der Waals surface area contributed by atoms with E-state index in [1.165, 1.54) is 4.90 Å². The number of sulfonamides is 1. The van der Waals surface area contributed by atoms with Crippen molar-refractivity contribution in [2.75, 3.05) is 19.8 Å². The van der Waals surface area contributed by atoms with Crippen LogP contribution in [-0.4, -0.2) is 96.9 Å². The second-order valence-electron chi connectivity index (χ2n) is 15.8. The highest BCUT2D eigenvalue weighted by atomic mass is 32.2. The lowest BCUT2D eigenvalue weighted by molar-refractivity contribution is -0.143. The van der Waals surface area contributed by atoms with Gasteiger partial charge in [-0.1, -0.05) is 46.2 Å². The largest absolute Gasteiger partial charge is 0.493 e. The molecule has 1 aromatic carbocycles. The Kier molecular flexibility index (Phi) is 10.7. The van der Waals surface area contributed by atoms with Gasteiger partial charge in [-0.05, 0) is 67.9 Å². The fourth-order valence-electron chi connectivity index (χ4n) is 7.42. The Balaban J connectivity index is 1.25. The zero-order valence-electron chi connectivity index (χ0n) is 30.4. The maximum Gasteiger partial charge on any atom is 0.410 e. The first-order chi connectivity index (χ1) is 24.6. The summed E-state index contributed by atoms with van der Waals surface area (Å²) >= 11 is 0. The summed E-state index contributed by atoms with van der Waals surface area (Å²) < 4.78 is 45.0. The van der Waals surface area contributed by atoms with Gasteiger partial charge in [0.05, 0.1) is 31.6 Å². The van der Waals surface area contributed by atoms with E-state index < -0.39 is 74.3 Å². The van der Waals surface area contributed by atoms with Crippen LogP contribution in [0.2, 0.25) is 0 Å². The van der Waals surface area contributed by atoms with Gasteiger partial charge in [0.25, 0.3) is 5.91 Å². The van der Waals surface area contributed by atoms with Crippen molar-refractivity contribution in [1.82, 2.24) is 25.2 Å². The van der Waals surface area contributed by atoms with E-state index >= 15 is 0 Å². The summed E-state index contributed by atoms with van der Waals surface area (Å²) in [6, 6.07) is 3.39. The minimum absolute atomic E-state index is 0.0748. The van der Waals surface area contributed by atoms with E-state index in [9.17, 15) is 32.4 Å². The Morgan fingerprint density at radius 3 is 2.38 bits per heavy atom. The highest BCUT2D eigenvalue weighted by Crippen LogP contribution is 2.47. The first kappa shape index (κ1) is 37.7. The molecule has 3 heterocycles. The molecule has 52 heavy (non-hydrogen) atoms. The van der Waals surface area contributed by atoms with Gasteiger partial charge in [0.2, 0.25) is 21.8 Å². The van der Waals surface area contributed by atoms with Gasteiger partial charge < -0.3 is 29.7 Å². The van der Waals surface area contributed by atoms with E-state index in [0.717, 1.165) is 30.4 Å². The minimum atomic E-state index is -3.88. The van der Waals surface area contributed by atoms with Crippen LogP contribution in [0.4, 0.5) is 9.59 Å². The maximum absolute atomic E-state index is 14.4. The number of carbonyl (C=O) groups excluding carboxylic acids is 5. The molecule has 0 spiro atoms. The first-order valence-electron chi connectivity index (χ1n) is 18.4. The molecular formula is C36H51N5O10S. The Labute approximate surface area is 304 Å². The zero-order chi connectivity index (χ0) is 37.4. The van der Waals surface area contributed by atoms with E-state index in [2.05, 4.69) is 15.4 Å². The van der Waals surface area contributed by atoms with Crippen molar-refractivity contribution in [2.24, 2.45) is 11.3 Å². The van der Waals surface area contributed by atoms with E-state index in [0.29, 0.717) is 44.6 Å². The maximum atomic E-state index is 14.4. The molecule has 5 amide bonds. The summed E-state index contributed by atoms with van der Waals surface area (Å²) in [6.45, 7) is 8.27. The number of alkyl carbamates (subject to hydrolysis) is 1. The summed E-state index contributed by atoms with van der Waals surface area (Å²) in [6.07, 6.45) is 2.42. The van der Waals surface area contributed by atoms with Crippen LogP contribution in [0.3, 0.4) is 0 Å². The molecule has 5 atom stereocenters. The molecule has 16 heteroatoms. The molecule has 286 valence electrons. The van der Waals surface area contributed by atoms with Crippen LogP contribution in [-0.2, 0) is 47.0 Å². The molecule has 1 aromatic rings. The fourth-order valence-corrected chi connectivity index (χ4v) is 8.79. The van der Waals surface area contributed by atoms with Gasteiger partial charge in [-0.15, -0.1) is 0 Å². The number of nitrogens with one attached hydrogen (secondary N) is 3. The Hall–Kier alpha value is -4.08. The molecular weight excluding hydrogens is 694 g/mol. The van der Waals surface area contributed by atoms with Crippen LogP contribution in [0.15, 0.2) is 18.2 Å². The molecule has 2 aliphatic carbocycles. The lowest BCUT2D eigenvalue weighted by Crippen LogP contribution is -2.60. The average molecular weight is 746 g/mol. The third kappa shape index (κ3) is 8.11. The molecule has 5 aliphatic rings.